The van der Waals surface area contributed by atoms with Gasteiger partial charge in [-0.2, -0.15) is 0 Å². The summed E-state index contributed by atoms with van der Waals surface area (Å²) in [6.07, 6.45) is 0.817. The molecular weight excluding hydrogens is 253 g/mol. The van der Waals surface area contributed by atoms with E-state index in [0.717, 1.165) is 6.42 Å². The van der Waals surface area contributed by atoms with E-state index in [-0.39, 0.29) is 17.1 Å². The molecule has 18 heavy (non-hydrogen) atoms. The van der Waals surface area contributed by atoms with Gasteiger partial charge in [0.2, 0.25) is 0 Å². The normalized spacial score (nSPS) is 11.4. The summed E-state index contributed by atoms with van der Waals surface area (Å²) in [5.74, 6) is -0.0543. The molecule has 1 rings (SSSR count). The van der Waals surface area contributed by atoms with Crippen LogP contribution in [-0.2, 0) is 0 Å². The van der Waals surface area contributed by atoms with Crippen LogP contribution in [0.15, 0.2) is 18.2 Å². The largest absolute Gasteiger partial charge is 0.352 e. The lowest BCUT2D eigenvalue weighted by atomic mass is 9.90. The molecule has 1 aromatic carbocycles. The van der Waals surface area contributed by atoms with Crippen LogP contribution in [0.4, 0.5) is 4.39 Å². The summed E-state index contributed by atoms with van der Waals surface area (Å²) in [6.45, 7) is 6.26. The maximum Gasteiger partial charge on any atom is 0.251 e. The molecule has 1 N–H and O–H groups in total. The Bertz CT molecular complexity index is 432. The molecule has 4 heteroatoms. The molecule has 0 aliphatic carbocycles. The molecule has 0 saturated heterocycles. The van der Waals surface area contributed by atoms with Crippen molar-refractivity contribution in [2.24, 2.45) is 5.41 Å². The van der Waals surface area contributed by atoms with Crippen molar-refractivity contribution in [3.05, 3.63) is 35.1 Å². The van der Waals surface area contributed by atoms with E-state index < -0.39 is 0 Å². The number of hydrogen-bond donors (Lipinski definition) is 1. The second-order valence-electron chi connectivity index (χ2n) is 5.25. The van der Waals surface area contributed by atoms with Gasteiger partial charge < -0.3 is 5.32 Å². The molecule has 0 bridgehead atoms. The molecule has 0 fully saturated rings. The molecule has 100 valence electrons. The molecule has 0 atom stereocenters. The Morgan fingerprint density at radius 2 is 2.11 bits per heavy atom. The van der Waals surface area contributed by atoms with Crippen molar-refractivity contribution in [1.29, 1.82) is 0 Å². The second-order valence-corrected chi connectivity index (χ2v) is 5.63. The highest BCUT2D eigenvalue weighted by molar-refractivity contribution is 6.17. The standard InChI is InChI=1S/C14H19ClFNO/c1-10-4-5-11(8-12(10)16)13(18)17-9-14(2,3)6-7-15/h4-5,8H,6-7,9H2,1-3H3,(H,17,18). The number of amides is 1. The molecule has 0 aromatic heterocycles. The lowest BCUT2D eigenvalue weighted by Gasteiger charge is -2.23. The summed E-state index contributed by atoms with van der Waals surface area (Å²) in [5.41, 5.74) is 0.828. The maximum atomic E-state index is 13.3. The van der Waals surface area contributed by atoms with Gasteiger partial charge in [0.05, 0.1) is 0 Å². The van der Waals surface area contributed by atoms with Crippen molar-refractivity contribution in [2.75, 3.05) is 12.4 Å². The summed E-state index contributed by atoms with van der Waals surface area (Å²) in [6, 6.07) is 4.50. The maximum absolute atomic E-state index is 13.3. The summed E-state index contributed by atoms with van der Waals surface area (Å²) in [4.78, 5) is 11.8. The third kappa shape index (κ3) is 4.30. The first-order valence-electron chi connectivity index (χ1n) is 5.96. The van der Waals surface area contributed by atoms with Crippen molar-refractivity contribution in [1.82, 2.24) is 5.32 Å². The van der Waals surface area contributed by atoms with E-state index in [2.05, 4.69) is 5.32 Å². The summed E-state index contributed by atoms with van der Waals surface area (Å²) in [5, 5.41) is 2.81. The van der Waals surface area contributed by atoms with E-state index in [1.54, 1.807) is 19.1 Å². The molecule has 0 radical (unpaired) electrons. The molecule has 0 aliphatic rings. The van der Waals surface area contributed by atoms with Crippen molar-refractivity contribution in [2.45, 2.75) is 27.2 Å². The van der Waals surface area contributed by atoms with Crippen LogP contribution in [0.25, 0.3) is 0 Å². The predicted octanol–water partition coefficient (Wildman–Crippen LogP) is 3.52. The fourth-order valence-corrected chi connectivity index (χ4v) is 2.01. The topological polar surface area (TPSA) is 29.1 Å². The third-order valence-electron chi connectivity index (χ3n) is 2.93. The van der Waals surface area contributed by atoms with Crippen LogP contribution < -0.4 is 5.32 Å². The quantitative estimate of drug-likeness (QED) is 0.816. The number of rotatable bonds is 5. The zero-order chi connectivity index (χ0) is 13.8. The molecule has 0 heterocycles. The van der Waals surface area contributed by atoms with Crippen LogP contribution in [-0.4, -0.2) is 18.3 Å². The second kappa shape index (κ2) is 6.19. The number of alkyl halides is 1. The van der Waals surface area contributed by atoms with E-state index in [1.165, 1.54) is 6.07 Å². The number of hydrogen-bond acceptors (Lipinski definition) is 1. The molecule has 0 unspecified atom stereocenters. The molecule has 0 saturated carbocycles. The highest BCUT2D eigenvalue weighted by Crippen LogP contribution is 2.19. The van der Waals surface area contributed by atoms with Crippen molar-refractivity contribution in [3.8, 4) is 0 Å². The van der Waals surface area contributed by atoms with Crippen molar-refractivity contribution in [3.63, 3.8) is 0 Å². The highest BCUT2D eigenvalue weighted by Gasteiger charge is 2.18. The number of carbonyl (C=O) groups excluding carboxylic acids is 1. The summed E-state index contributed by atoms with van der Waals surface area (Å²) >= 11 is 5.69. The average molecular weight is 272 g/mol. The lowest BCUT2D eigenvalue weighted by Crippen LogP contribution is -2.34. The fraction of sp³-hybridized carbons (Fsp3) is 0.500. The van der Waals surface area contributed by atoms with E-state index in [0.29, 0.717) is 23.6 Å². The Labute approximate surface area is 113 Å². The third-order valence-corrected chi connectivity index (χ3v) is 3.12. The van der Waals surface area contributed by atoms with Crippen LogP contribution in [0.1, 0.15) is 36.2 Å². The van der Waals surface area contributed by atoms with Gasteiger partial charge in [-0.05, 0) is 36.5 Å². The summed E-state index contributed by atoms with van der Waals surface area (Å²) < 4.78 is 13.3. The predicted molar refractivity (Wildman–Crippen MR) is 72.6 cm³/mol. The van der Waals surface area contributed by atoms with Crippen LogP contribution in [0.2, 0.25) is 0 Å². The first kappa shape index (κ1) is 15.0. The molecule has 0 aliphatic heterocycles. The Morgan fingerprint density at radius 1 is 1.44 bits per heavy atom. The fourth-order valence-electron chi connectivity index (χ4n) is 1.50. The number of carbonyl (C=O) groups is 1. The van der Waals surface area contributed by atoms with Gasteiger partial charge in [0.1, 0.15) is 5.82 Å². The van der Waals surface area contributed by atoms with Crippen LogP contribution in [0.3, 0.4) is 0 Å². The van der Waals surface area contributed by atoms with Gasteiger partial charge in [-0.1, -0.05) is 19.9 Å². The Balaban J connectivity index is 2.63. The lowest BCUT2D eigenvalue weighted by molar-refractivity contribution is 0.0935. The van der Waals surface area contributed by atoms with E-state index in [9.17, 15) is 9.18 Å². The highest BCUT2D eigenvalue weighted by atomic mass is 35.5. The molecule has 2 nitrogen and oxygen atoms in total. The molecule has 1 amide bonds. The first-order chi connectivity index (χ1) is 8.35. The zero-order valence-corrected chi connectivity index (χ0v) is 11.8. The van der Waals surface area contributed by atoms with Gasteiger partial charge in [0.25, 0.3) is 5.91 Å². The van der Waals surface area contributed by atoms with Crippen molar-refractivity contribution < 1.29 is 9.18 Å². The first-order valence-corrected chi connectivity index (χ1v) is 6.49. The Kier molecular flexibility index (Phi) is 5.15. The number of benzene rings is 1. The number of nitrogens with one attached hydrogen (secondary N) is 1. The monoisotopic (exact) mass is 271 g/mol. The number of halogens is 2. The minimum Gasteiger partial charge on any atom is -0.352 e. The van der Waals surface area contributed by atoms with Gasteiger partial charge in [-0.3, -0.25) is 4.79 Å². The van der Waals surface area contributed by atoms with Gasteiger partial charge in [-0.15, -0.1) is 11.6 Å². The molecule has 0 spiro atoms. The van der Waals surface area contributed by atoms with Crippen molar-refractivity contribution >= 4 is 17.5 Å². The average Bonchev–Trinajstić information content (AvgIpc) is 2.30. The Morgan fingerprint density at radius 3 is 2.67 bits per heavy atom. The van der Waals surface area contributed by atoms with Gasteiger partial charge in [-0.25, -0.2) is 4.39 Å². The van der Waals surface area contributed by atoms with Gasteiger partial charge >= 0.3 is 0 Å². The minimum absolute atomic E-state index is 0.0549. The Hall–Kier alpha value is -1.09. The van der Waals surface area contributed by atoms with E-state index >= 15 is 0 Å². The van der Waals surface area contributed by atoms with E-state index in [1.807, 2.05) is 13.8 Å². The smallest absolute Gasteiger partial charge is 0.251 e. The van der Waals surface area contributed by atoms with Gasteiger partial charge in [0.15, 0.2) is 0 Å². The number of aryl methyl sites for hydroxylation is 1. The van der Waals surface area contributed by atoms with Gasteiger partial charge in [0, 0.05) is 18.0 Å². The zero-order valence-electron chi connectivity index (χ0n) is 11.0. The van der Waals surface area contributed by atoms with Crippen LogP contribution in [0.5, 0.6) is 0 Å². The summed E-state index contributed by atoms with van der Waals surface area (Å²) in [7, 11) is 0. The van der Waals surface area contributed by atoms with Crippen LogP contribution >= 0.6 is 11.6 Å². The van der Waals surface area contributed by atoms with E-state index in [4.69, 9.17) is 11.6 Å². The molecular formula is C14H19ClFNO. The SMILES string of the molecule is Cc1ccc(C(=O)NCC(C)(C)CCCl)cc1F. The molecule has 1 aromatic rings. The van der Waals surface area contributed by atoms with Crippen LogP contribution in [0, 0.1) is 18.2 Å². The minimum atomic E-state index is -0.359.